The smallest absolute Gasteiger partial charge is 0.157 e. The summed E-state index contributed by atoms with van der Waals surface area (Å²) in [4.78, 5) is 2.47. The Kier molecular flexibility index (Phi) is 5.73. The van der Waals surface area contributed by atoms with Crippen LogP contribution in [-0.2, 0) is 6.42 Å². The van der Waals surface area contributed by atoms with E-state index in [1.54, 1.807) is 0 Å². The SMILES string of the molecule is CC1(C)CN(CCc2nnnn2-c2ccccc2)CCC1N.Cl. The van der Waals surface area contributed by atoms with Crippen molar-refractivity contribution in [3.8, 4) is 5.69 Å². The summed E-state index contributed by atoms with van der Waals surface area (Å²) in [6, 6.07) is 10.3. The molecular formula is C16H25ClN6. The van der Waals surface area contributed by atoms with Gasteiger partial charge in [-0.2, -0.15) is 4.68 Å². The normalized spacial score (nSPS) is 20.9. The van der Waals surface area contributed by atoms with Gasteiger partial charge in [-0.15, -0.1) is 17.5 Å². The number of nitrogens with zero attached hydrogens (tertiary/aromatic N) is 5. The molecule has 6 nitrogen and oxygen atoms in total. The van der Waals surface area contributed by atoms with E-state index in [0.717, 1.165) is 44.0 Å². The summed E-state index contributed by atoms with van der Waals surface area (Å²) in [7, 11) is 0. The molecule has 1 fully saturated rings. The van der Waals surface area contributed by atoms with E-state index in [2.05, 4.69) is 34.3 Å². The molecule has 1 atom stereocenters. The van der Waals surface area contributed by atoms with Gasteiger partial charge >= 0.3 is 0 Å². The molecular weight excluding hydrogens is 312 g/mol. The number of tetrazole rings is 1. The maximum absolute atomic E-state index is 6.20. The van der Waals surface area contributed by atoms with Crippen molar-refractivity contribution in [2.24, 2.45) is 11.1 Å². The molecule has 2 heterocycles. The third-order valence-electron chi connectivity index (χ3n) is 4.58. The van der Waals surface area contributed by atoms with Crippen LogP contribution in [-0.4, -0.2) is 50.8 Å². The Morgan fingerprint density at radius 2 is 2.00 bits per heavy atom. The van der Waals surface area contributed by atoms with Crippen molar-refractivity contribution in [2.75, 3.05) is 19.6 Å². The highest BCUT2D eigenvalue weighted by Crippen LogP contribution is 2.27. The van der Waals surface area contributed by atoms with E-state index in [4.69, 9.17) is 5.73 Å². The maximum atomic E-state index is 6.20. The lowest BCUT2D eigenvalue weighted by molar-refractivity contribution is 0.0959. The lowest BCUT2D eigenvalue weighted by Crippen LogP contribution is -2.52. The van der Waals surface area contributed by atoms with Gasteiger partial charge in [0.15, 0.2) is 5.82 Å². The van der Waals surface area contributed by atoms with Gasteiger partial charge in [0, 0.05) is 25.6 Å². The summed E-state index contributed by atoms with van der Waals surface area (Å²) in [5.74, 6) is 0.902. The zero-order valence-corrected chi connectivity index (χ0v) is 14.5. The van der Waals surface area contributed by atoms with E-state index < -0.39 is 0 Å². The molecule has 0 bridgehead atoms. The number of rotatable bonds is 4. The zero-order valence-electron chi connectivity index (χ0n) is 13.7. The first-order chi connectivity index (χ1) is 10.6. The predicted molar refractivity (Wildman–Crippen MR) is 92.9 cm³/mol. The second-order valence-electron chi connectivity index (χ2n) is 6.75. The Bertz CT molecular complexity index is 612. The molecule has 2 aromatic rings. The Labute approximate surface area is 143 Å². The highest BCUT2D eigenvalue weighted by Gasteiger charge is 2.33. The predicted octanol–water partition coefficient (Wildman–Crippen LogP) is 1.69. The molecule has 7 heteroatoms. The summed E-state index contributed by atoms with van der Waals surface area (Å²) in [6.07, 6.45) is 1.89. The number of nitrogens with two attached hydrogens (primary N) is 1. The van der Waals surface area contributed by atoms with Gasteiger partial charge in [0.1, 0.15) is 0 Å². The highest BCUT2D eigenvalue weighted by molar-refractivity contribution is 5.85. The molecule has 23 heavy (non-hydrogen) atoms. The van der Waals surface area contributed by atoms with Gasteiger partial charge in [0.2, 0.25) is 0 Å². The fraction of sp³-hybridized carbons (Fsp3) is 0.562. The van der Waals surface area contributed by atoms with Crippen LogP contribution in [0.5, 0.6) is 0 Å². The van der Waals surface area contributed by atoms with Crippen LogP contribution < -0.4 is 5.73 Å². The summed E-state index contributed by atoms with van der Waals surface area (Å²) < 4.78 is 1.82. The quantitative estimate of drug-likeness (QED) is 0.919. The summed E-state index contributed by atoms with van der Waals surface area (Å²) in [5.41, 5.74) is 7.38. The molecule has 126 valence electrons. The van der Waals surface area contributed by atoms with Crippen molar-refractivity contribution in [3.05, 3.63) is 36.2 Å². The fourth-order valence-electron chi connectivity index (χ4n) is 3.07. The van der Waals surface area contributed by atoms with Crippen LogP contribution >= 0.6 is 12.4 Å². The number of halogens is 1. The number of piperidine rings is 1. The molecule has 3 rings (SSSR count). The van der Waals surface area contributed by atoms with Crippen molar-refractivity contribution in [2.45, 2.75) is 32.7 Å². The van der Waals surface area contributed by atoms with Crippen LogP contribution in [0.25, 0.3) is 5.69 Å². The van der Waals surface area contributed by atoms with Crippen LogP contribution in [0, 0.1) is 5.41 Å². The van der Waals surface area contributed by atoms with E-state index in [0.29, 0.717) is 6.04 Å². The second kappa shape index (κ2) is 7.38. The highest BCUT2D eigenvalue weighted by atomic mass is 35.5. The monoisotopic (exact) mass is 336 g/mol. The van der Waals surface area contributed by atoms with Crippen LogP contribution in [0.15, 0.2) is 30.3 Å². The fourth-order valence-corrected chi connectivity index (χ4v) is 3.07. The number of aromatic nitrogens is 4. The number of benzene rings is 1. The molecule has 0 saturated carbocycles. The zero-order chi connectivity index (χ0) is 15.6. The molecule has 1 aromatic carbocycles. The van der Waals surface area contributed by atoms with Gasteiger partial charge in [-0.25, -0.2) is 0 Å². The molecule has 1 aliphatic rings. The van der Waals surface area contributed by atoms with Crippen molar-refractivity contribution in [1.29, 1.82) is 0 Å². The van der Waals surface area contributed by atoms with E-state index in [-0.39, 0.29) is 17.8 Å². The molecule has 0 amide bonds. The lowest BCUT2D eigenvalue weighted by Gasteiger charge is -2.42. The standard InChI is InChI=1S/C16H24N6.ClH/c1-16(2)12-21(10-8-14(16)17)11-9-15-18-19-20-22(15)13-6-4-3-5-7-13;/h3-7,14H,8-12,17H2,1-2H3;1H. The van der Waals surface area contributed by atoms with Crippen LogP contribution in [0.1, 0.15) is 26.1 Å². The first kappa shape index (κ1) is 17.8. The van der Waals surface area contributed by atoms with E-state index >= 15 is 0 Å². The third-order valence-corrected chi connectivity index (χ3v) is 4.58. The number of hydrogen-bond donors (Lipinski definition) is 1. The van der Waals surface area contributed by atoms with Gasteiger partial charge in [-0.05, 0) is 40.9 Å². The van der Waals surface area contributed by atoms with Crippen molar-refractivity contribution in [1.82, 2.24) is 25.1 Å². The summed E-state index contributed by atoms with van der Waals surface area (Å²) >= 11 is 0. The van der Waals surface area contributed by atoms with Crippen LogP contribution in [0.4, 0.5) is 0 Å². The second-order valence-corrected chi connectivity index (χ2v) is 6.75. The summed E-state index contributed by atoms with van der Waals surface area (Å²) in [5, 5.41) is 12.1. The average molecular weight is 337 g/mol. The third kappa shape index (κ3) is 4.07. The number of hydrogen-bond acceptors (Lipinski definition) is 5. The van der Waals surface area contributed by atoms with Crippen molar-refractivity contribution < 1.29 is 0 Å². The van der Waals surface area contributed by atoms with Gasteiger partial charge in [-0.1, -0.05) is 32.0 Å². The minimum Gasteiger partial charge on any atom is -0.327 e. The molecule has 1 unspecified atom stereocenters. The topological polar surface area (TPSA) is 72.9 Å². The molecule has 1 aromatic heterocycles. The minimum atomic E-state index is 0. The largest absolute Gasteiger partial charge is 0.327 e. The van der Waals surface area contributed by atoms with Crippen molar-refractivity contribution >= 4 is 12.4 Å². The van der Waals surface area contributed by atoms with E-state index in [9.17, 15) is 0 Å². The molecule has 0 radical (unpaired) electrons. The first-order valence-electron chi connectivity index (χ1n) is 7.87. The molecule has 0 spiro atoms. The minimum absolute atomic E-state index is 0. The van der Waals surface area contributed by atoms with Gasteiger partial charge in [0.25, 0.3) is 0 Å². The number of likely N-dealkylation sites (tertiary alicyclic amines) is 1. The summed E-state index contributed by atoms with van der Waals surface area (Å²) in [6.45, 7) is 7.54. The first-order valence-corrected chi connectivity index (χ1v) is 7.87. The maximum Gasteiger partial charge on any atom is 0.157 e. The Balaban J connectivity index is 0.00000192. The van der Waals surface area contributed by atoms with Crippen LogP contribution in [0.2, 0.25) is 0 Å². The van der Waals surface area contributed by atoms with Crippen molar-refractivity contribution in [3.63, 3.8) is 0 Å². The molecule has 0 aliphatic carbocycles. The number of para-hydroxylation sites is 1. The van der Waals surface area contributed by atoms with Gasteiger partial charge in [0.05, 0.1) is 5.69 Å². The molecule has 1 saturated heterocycles. The van der Waals surface area contributed by atoms with Crippen LogP contribution in [0.3, 0.4) is 0 Å². The Hall–Kier alpha value is -1.50. The van der Waals surface area contributed by atoms with E-state index in [1.165, 1.54) is 0 Å². The Morgan fingerprint density at radius 3 is 2.70 bits per heavy atom. The lowest BCUT2D eigenvalue weighted by atomic mass is 9.80. The van der Waals surface area contributed by atoms with Gasteiger partial charge < -0.3 is 10.6 Å². The van der Waals surface area contributed by atoms with Gasteiger partial charge in [-0.3, -0.25) is 0 Å². The Morgan fingerprint density at radius 1 is 1.26 bits per heavy atom. The molecule has 2 N–H and O–H groups in total. The average Bonchev–Trinajstić information content (AvgIpc) is 2.98. The van der Waals surface area contributed by atoms with E-state index in [1.807, 2.05) is 35.0 Å². The molecule has 1 aliphatic heterocycles.